The van der Waals surface area contributed by atoms with Gasteiger partial charge in [0, 0.05) is 13.1 Å². The molecule has 1 saturated heterocycles. The molecule has 6 nitrogen and oxygen atoms in total. The Balaban J connectivity index is 1.66. The third-order valence-electron chi connectivity index (χ3n) is 4.71. The van der Waals surface area contributed by atoms with Gasteiger partial charge in [-0.1, -0.05) is 48.5 Å². The summed E-state index contributed by atoms with van der Waals surface area (Å²) in [5.74, 6) is -0.961. The van der Waals surface area contributed by atoms with E-state index in [-0.39, 0.29) is 17.5 Å². The molecule has 0 aliphatic carbocycles. The fourth-order valence-corrected chi connectivity index (χ4v) is 4.90. The molecule has 142 valence electrons. The number of benzene rings is 2. The van der Waals surface area contributed by atoms with Crippen LogP contribution in [0, 0.1) is 0 Å². The zero-order chi connectivity index (χ0) is 19.4. The van der Waals surface area contributed by atoms with E-state index in [1.807, 2.05) is 42.5 Å². The van der Waals surface area contributed by atoms with Crippen molar-refractivity contribution in [2.45, 2.75) is 12.5 Å². The van der Waals surface area contributed by atoms with E-state index >= 15 is 0 Å². The van der Waals surface area contributed by atoms with Crippen molar-refractivity contribution in [1.82, 2.24) is 4.90 Å². The quantitative estimate of drug-likeness (QED) is 0.735. The Labute approximate surface area is 158 Å². The number of esters is 1. The summed E-state index contributed by atoms with van der Waals surface area (Å²) in [6.45, 7) is -0.422. The molecule has 27 heavy (non-hydrogen) atoms. The van der Waals surface area contributed by atoms with Crippen LogP contribution in [0.1, 0.15) is 16.8 Å². The maximum Gasteiger partial charge on any atom is 0.339 e. The van der Waals surface area contributed by atoms with Gasteiger partial charge in [0.1, 0.15) is 0 Å². The standard InChI is InChI=1S/C20H21NO5S/c1-21(16-11-12-27(24,25)14-16)19(22)13-26-20(23)18-10-6-5-9-17(18)15-7-3-2-4-8-15/h2-10,16H,11-14H2,1H3/t16-/m1/s1. The Kier molecular flexibility index (Phi) is 5.60. The van der Waals surface area contributed by atoms with Crippen molar-refractivity contribution < 1.29 is 22.7 Å². The highest BCUT2D eigenvalue weighted by atomic mass is 32.2. The monoisotopic (exact) mass is 387 g/mol. The average Bonchev–Trinajstić information content (AvgIpc) is 3.05. The molecule has 0 aromatic heterocycles. The summed E-state index contributed by atoms with van der Waals surface area (Å²) in [6, 6.07) is 16.1. The molecule has 0 spiro atoms. The zero-order valence-electron chi connectivity index (χ0n) is 15.0. The van der Waals surface area contributed by atoms with Gasteiger partial charge in [0.25, 0.3) is 5.91 Å². The van der Waals surface area contributed by atoms with Crippen LogP contribution in [0.15, 0.2) is 54.6 Å². The molecule has 1 aliphatic heterocycles. The molecule has 0 bridgehead atoms. The van der Waals surface area contributed by atoms with Crippen molar-refractivity contribution in [3.8, 4) is 11.1 Å². The van der Waals surface area contributed by atoms with Crippen LogP contribution in [-0.4, -0.2) is 56.4 Å². The summed E-state index contributed by atoms with van der Waals surface area (Å²) >= 11 is 0. The van der Waals surface area contributed by atoms with E-state index in [1.165, 1.54) is 4.90 Å². The zero-order valence-corrected chi connectivity index (χ0v) is 15.8. The van der Waals surface area contributed by atoms with E-state index in [4.69, 9.17) is 4.74 Å². The summed E-state index contributed by atoms with van der Waals surface area (Å²) < 4.78 is 28.3. The molecule has 1 amide bonds. The van der Waals surface area contributed by atoms with Crippen LogP contribution in [0.2, 0.25) is 0 Å². The van der Waals surface area contributed by atoms with Gasteiger partial charge in [0.05, 0.1) is 17.1 Å². The van der Waals surface area contributed by atoms with Crippen LogP contribution >= 0.6 is 0 Å². The summed E-state index contributed by atoms with van der Waals surface area (Å²) in [4.78, 5) is 26.1. The number of nitrogens with zero attached hydrogens (tertiary/aromatic N) is 1. The number of hydrogen-bond donors (Lipinski definition) is 0. The number of sulfone groups is 1. The number of carbonyl (C=O) groups excluding carboxylic acids is 2. The smallest absolute Gasteiger partial charge is 0.339 e. The van der Waals surface area contributed by atoms with Crippen LogP contribution in [0.5, 0.6) is 0 Å². The van der Waals surface area contributed by atoms with Gasteiger partial charge in [-0.3, -0.25) is 4.79 Å². The second-order valence-corrected chi connectivity index (χ2v) is 8.78. The molecule has 0 saturated carbocycles. The Morgan fingerprint density at radius 3 is 2.41 bits per heavy atom. The summed E-state index contributed by atoms with van der Waals surface area (Å²) in [5.41, 5.74) is 1.98. The van der Waals surface area contributed by atoms with E-state index in [9.17, 15) is 18.0 Å². The van der Waals surface area contributed by atoms with Crippen LogP contribution in [0.4, 0.5) is 0 Å². The van der Waals surface area contributed by atoms with E-state index in [0.717, 1.165) is 11.1 Å². The summed E-state index contributed by atoms with van der Waals surface area (Å²) in [6.07, 6.45) is 0.412. The molecule has 0 unspecified atom stereocenters. The highest BCUT2D eigenvalue weighted by Crippen LogP contribution is 2.24. The van der Waals surface area contributed by atoms with E-state index in [2.05, 4.69) is 0 Å². The lowest BCUT2D eigenvalue weighted by atomic mass is 10.00. The molecule has 1 fully saturated rings. The van der Waals surface area contributed by atoms with Crippen molar-refractivity contribution >= 4 is 21.7 Å². The first kappa shape index (κ1) is 19.1. The third-order valence-corrected chi connectivity index (χ3v) is 6.46. The van der Waals surface area contributed by atoms with Crippen LogP contribution in [0.3, 0.4) is 0 Å². The predicted octanol–water partition coefficient (Wildman–Crippen LogP) is 2.16. The molecule has 7 heteroatoms. The van der Waals surface area contributed by atoms with E-state index in [1.54, 1.807) is 19.2 Å². The number of rotatable bonds is 5. The minimum absolute atomic E-state index is 0.0416. The molecule has 0 radical (unpaired) electrons. The topological polar surface area (TPSA) is 80.8 Å². The fourth-order valence-electron chi connectivity index (χ4n) is 3.12. The van der Waals surface area contributed by atoms with Gasteiger partial charge in [-0.05, 0) is 23.6 Å². The predicted molar refractivity (Wildman–Crippen MR) is 102 cm³/mol. The van der Waals surface area contributed by atoms with Crippen molar-refractivity contribution in [3.05, 3.63) is 60.2 Å². The fraction of sp³-hybridized carbons (Fsp3) is 0.300. The largest absolute Gasteiger partial charge is 0.452 e. The van der Waals surface area contributed by atoms with Gasteiger partial charge in [0.2, 0.25) is 0 Å². The molecule has 2 aromatic rings. The normalized spacial score (nSPS) is 18.0. The number of ether oxygens (including phenoxy) is 1. The molecule has 3 rings (SSSR count). The van der Waals surface area contributed by atoms with Gasteiger partial charge < -0.3 is 9.64 Å². The average molecular weight is 387 g/mol. The first-order valence-electron chi connectivity index (χ1n) is 8.65. The number of amides is 1. The summed E-state index contributed by atoms with van der Waals surface area (Å²) in [5, 5.41) is 0. The number of likely N-dealkylation sites (N-methyl/N-ethyl adjacent to an activating group) is 1. The third kappa shape index (κ3) is 4.54. The van der Waals surface area contributed by atoms with Gasteiger partial charge in [-0.15, -0.1) is 0 Å². The lowest BCUT2D eigenvalue weighted by molar-refractivity contribution is -0.134. The van der Waals surface area contributed by atoms with E-state index in [0.29, 0.717) is 12.0 Å². The molecule has 0 N–H and O–H groups in total. The highest BCUT2D eigenvalue weighted by molar-refractivity contribution is 7.91. The van der Waals surface area contributed by atoms with Gasteiger partial charge in [-0.2, -0.15) is 0 Å². The lowest BCUT2D eigenvalue weighted by Gasteiger charge is -2.23. The Bertz CT molecular complexity index is 940. The maximum absolute atomic E-state index is 12.5. The minimum atomic E-state index is -3.09. The molecule has 1 heterocycles. The Morgan fingerprint density at radius 1 is 1.07 bits per heavy atom. The maximum atomic E-state index is 12.5. The second kappa shape index (κ2) is 7.92. The van der Waals surface area contributed by atoms with Crippen molar-refractivity contribution in [3.63, 3.8) is 0 Å². The number of hydrogen-bond acceptors (Lipinski definition) is 5. The summed E-state index contributed by atoms with van der Waals surface area (Å²) in [7, 11) is -1.54. The van der Waals surface area contributed by atoms with Crippen molar-refractivity contribution in [1.29, 1.82) is 0 Å². The van der Waals surface area contributed by atoms with Crippen LogP contribution in [-0.2, 0) is 19.4 Å². The van der Waals surface area contributed by atoms with Gasteiger partial charge >= 0.3 is 5.97 Å². The lowest BCUT2D eigenvalue weighted by Crippen LogP contribution is -2.40. The first-order valence-corrected chi connectivity index (χ1v) is 10.5. The van der Waals surface area contributed by atoms with Crippen molar-refractivity contribution in [2.75, 3.05) is 25.2 Å². The molecular formula is C20H21NO5S. The molecule has 1 atom stereocenters. The molecule has 2 aromatic carbocycles. The highest BCUT2D eigenvalue weighted by Gasteiger charge is 2.33. The van der Waals surface area contributed by atoms with Crippen molar-refractivity contribution in [2.24, 2.45) is 0 Å². The van der Waals surface area contributed by atoms with E-state index < -0.39 is 28.3 Å². The van der Waals surface area contributed by atoms with Crippen LogP contribution < -0.4 is 0 Å². The van der Waals surface area contributed by atoms with Gasteiger partial charge in [-0.25, -0.2) is 13.2 Å². The Morgan fingerprint density at radius 2 is 1.74 bits per heavy atom. The SMILES string of the molecule is CN(C(=O)COC(=O)c1ccccc1-c1ccccc1)[C@@H]1CCS(=O)(=O)C1. The second-order valence-electron chi connectivity index (χ2n) is 6.55. The Hall–Kier alpha value is -2.67. The number of carbonyl (C=O) groups is 2. The van der Waals surface area contributed by atoms with Crippen LogP contribution in [0.25, 0.3) is 11.1 Å². The molecule has 1 aliphatic rings. The first-order chi connectivity index (χ1) is 12.9. The minimum Gasteiger partial charge on any atom is -0.452 e. The van der Waals surface area contributed by atoms with Gasteiger partial charge in [0.15, 0.2) is 16.4 Å². The molecular weight excluding hydrogens is 366 g/mol.